The predicted octanol–water partition coefficient (Wildman–Crippen LogP) is 4.09. The highest BCUT2D eigenvalue weighted by atomic mass is 32.2. The number of hydrogen-bond acceptors (Lipinski definition) is 3. The smallest absolute Gasteiger partial charge is 0.238 e. The Kier molecular flexibility index (Phi) is 5.03. The van der Waals surface area contributed by atoms with Gasteiger partial charge in [-0.1, -0.05) is 19.1 Å². The van der Waals surface area contributed by atoms with Gasteiger partial charge in [0.15, 0.2) is 0 Å². The average molecular weight is 362 g/mol. The lowest BCUT2D eigenvalue weighted by atomic mass is 10.1. The summed E-state index contributed by atoms with van der Waals surface area (Å²) in [5, 5.41) is 2.35. The van der Waals surface area contributed by atoms with Crippen LogP contribution in [-0.4, -0.2) is 17.6 Å². The second-order valence-corrected chi connectivity index (χ2v) is 6.62. The maximum Gasteiger partial charge on any atom is 0.238 e. The van der Waals surface area contributed by atoms with E-state index in [1.165, 1.54) is 22.7 Å². The Bertz CT molecular complexity index is 811. The van der Waals surface area contributed by atoms with Crippen LogP contribution in [0.3, 0.4) is 0 Å². The SMILES string of the molecule is CCC(=O)Nc1ccc([C@H]2SCC(=O)N2c2ccc(F)cc2F)cc1. The largest absolute Gasteiger partial charge is 0.326 e. The Morgan fingerprint density at radius 1 is 1.24 bits per heavy atom. The van der Waals surface area contributed by atoms with Crippen molar-refractivity contribution < 1.29 is 18.4 Å². The van der Waals surface area contributed by atoms with Gasteiger partial charge in [-0.05, 0) is 29.8 Å². The van der Waals surface area contributed by atoms with Crippen LogP contribution in [0.4, 0.5) is 20.2 Å². The number of benzene rings is 2. The van der Waals surface area contributed by atoms with Gasteiger partial charge in [-0.25, -0.2) is 8.78 Å². The first-order valence-electron chi connectivity index (χ1n) is 7.78. The third-order valence-electron chi connectivity index (χ3n) is 3.84. The van der Waals surface area contributed by atoms with Crippen molar-refractivity contribution in [1.29, 1.82) is 0 Å². The zero-order valence-corrected chi connectivity index (χ0v) is 14.3. The molecule has 0 radical (unpaired) electrons. The van der Waals surface area contributed by atoms with E-state index in [-0.39, 0.29) is 23.3 Å². The van der Waals surface area contributed by atoms with Crippen LogP contribution in [0.15, 0.2) is 42.5 Å². The first-order valence-corrected chi connectivity index (χ1v) is 8.83. The maximum absolute atomic E-state index is 14.1. The molecule has 1 aliphatic rings. The maximum atomic E-state index is 14.1. The van der Waals surface area contributed by atoms with Crippen LogP contribution in [0.1, 0.15) is 24.3 Å². The van der Waals surface area contributed by atoms with Gasteiger partial charge < -0.3 is 5.32 Å². The van der Waals surface area contributed by atoms with Gasteiger partial charge in [-0.3, -0.25) is 14.5 Å². The van der Waals surface area contributed by atoms with E-state index >= 15 is 0 Å². The summed E-state index contributed by atoms with van der Waals surface area (Å²) in [6, 6.07) is 10.2. The number of amides is 2. The number of hydrogen-bond donors (Lipinski definition) is 1. The van der Waals surface area contributed by atoms with Crippen molar-refractivity contribution in [2.45, 2.75) is 18.7 Å². The van der Waals surface area contributed by atoms with E-state index in [1.807, 2.05) is 0 Å². The standard InChI is InChI=1S/C18H16F2N2O2S/c1-2-16(23)21-13-6-3-11(4-7-13)18-22(17(24)10-25-18)15-8-5-12(19)9-14(15)20/h3-9,18H,2,10H2,1H3,(H,21,23)/t18-/m1/s1. The molecular formula is C18H16F2N2O2S. The molecule has 1 heterocycles. The third-order valence-corrected chi connectivity index (χ3v) is 5.05. The molecule has 0 aliphatic carbocycles. The highest BCUT2D eigenvalue weighted by Gasteiger charge is 2.35. The number of thioether (sulfide) groups is 1. The number of carbonyl (C=O) groups excluding carboxylic acids is 2. The molecule has 2 aromatic carbocycles. The van der Waals surface area contributed by atoms with Crippen LogP contribution in [0, 0.1) is 11.6 Å². The van der Waals surface area contributed by atoms with Gasteiger partial charge in [0.2, 0.25) is 11.8 Å². The van der Waals surface area contributed by atoms with Crippen molar-refractivity contribution in [3.05, 3.63) is 59.7 Å². The first-order chi connectivity index (χ1) is 12.0. The van der Waals surface area contributed by atoms with Gasteiger partial charge in [0.1, 0.15) is 17.0 Å². The number of carbonyl (C=O) groups is 2. The van der Waals surface area contributed by atoms with Crippen LogP contribution < -0.4 is 10.2 Å². The highest BCUT2D eigenvalue weighted by molar-refractivity contribution is 8.00. The van der Waals surface area contributed by atoms with Gasteiger partial charge in [0, 0.05) is 18.2 Å². The second-order valence-electron chi connectivity index (χ2n) is 5.55. The zero-order chi connectivity index (χ0) is 18.0. The Morgan fingerprint density at radius 3 is 2.60 bits per heavy atom. The molecule has 1 atom stereocenters. The van der Waals surface area contributed by atoms with Gasteiger partial charge in [-0.15, -0.1) is 11.8 Å². The van der Waals surface area contributed by atoms with E-state index in [1.54, 1.807) is 31.2 Å². The third kappa shape index (κ3) is 3.66. The number of nitrogens with zero attached hydrogens (tertiary/aromatic N) is 1. The summed E-state index contributed by atoms with van der Waals surface area (Å²) in [4.78, 5) is 25.0. The summed E-state index contributed by atoms with van der Waals surface area (Å²) in [6.07, 6.45) is 0.381. The summed E-state index contributed by atoms with van der Waals surface area (Å²) >= 11 is 1.37. The lowest BCUT2D eigenvalue weighted by molar-refractivity contribution is -0.116. The molecule has 2 amide bonds. The van der Waals surface area contributed by atoms with E-state index in [9.17, 15) is 18.4 Å². The summed E-state index contributed by atoms with van der Waals surface area (Å²) < 4.78 is 27.3. The van der Waals surface area contributed by atoms with Crippen molar-refractivity contribution in [2.75, 3.05) is 16.0 Å². The van der Waals surface area contributed by atoms with Crippen LogP contribution in [-0.2, 0) is 9.59 Å². The lowest BCUT2D eigenvalue weighted by Gasteiger charge is -2.25. The van der Waals surface area contributed by atoms with Crippen molar-refractivity contribution in [2.24, 2.45) is 0 Å². The van der Waals surface area contributed by atoms with E-state index in [4.69, 9.17) is 0 Å². The number of rotatable bonds is 4. The molecule has 4 nitrogen and oxygen atoms in total. The predicted molar refractivity (Wildman–Crippen MR) is 94.4 cm³/mol. The molecule has 2 aromatic rings. The topological polar surface area (TPSA) is 49.4 Å². The Morgan fingerprint density at radius 2 is 1.96 bits per heavy atom. The minimum Gasteiger partial charge on any atom is -0.326 e. The Hall–Kier alpha value is -2.41. The molecule has 1 saturated heterocycles. The molecule has 7 heteroatoms. The summed E-state index contributed by atoms with van der Waals surface area (Å²) in [7, 11) is 0. The van der Waals surface area contributed by atoms with Crippen LogP contribution >= 0.6 is 11.8 Å². The fourth-order valence-electron chi connectivity index (χ4n) is 2.59. The average Bonchev–Trinajstić information content (AvgIpc) is 2.97. The molecular weight excluding hydrogens is 346 g/mol. The quantitative estimate of drug-likeness (QED) is 0.891. The van der Waals surface area contributed by atoms with E-state index < -0.39 is 17.0 Å². The van der Waals surface area contributed by atoms with Crippen LogP contribution in [0.2, 0.25) is 0 Å². The molecule has 1 fully saturated rings. The minimum atomic E-state index is -0.771. The van der Waals surface area contributed by atoms with Crippen molar-refractivity contribution in [3.8, 4) is 0 Å². The van der Waals surface area contributed by atoms with E-state index in [2.05, 4.69) is 5.32 Å². The summed E-state index contributed by atoms with van der Waals surface area (Å²) in [5.74, 6) is -1.56. The summed E-state index contributed by atoms with van der Waals surface area (Å²) in [5.41, 5.74) is 1.52. The highest BCUT2D eigenvalue weighted by Crippen LogP contribution is 2.42. The van der Waals surface area contributed by atoms with Crippen LogP contribution in [0.25, 0.3) is 0 Å². The van der Waals surface area contributed by atoms with Crippen LogP contribution in [0.5, 0.6) is 0 Å². The number of anilines is 2. The minimum absolute atomic E-state index is 0.0600. The van der Waals surface area contributed by atoms with Gasteiger partial charge in [-0.2, -0.15) is 0 Å². The second kappa shape index (κ2) is 7.23. The molecule has 0 saturated carbocycles. The normalized spacial score (nSPS) is 17.0. The number of nitrogens with one attached hydrogen (secondary N) is 1. The van der Waals surface area contributed by atoms with E-state index in [0.29, 0.717) is 12.1 Å². The fourth-order valence-corrected chi connectivity index (χ4v) is 3.76. The van der Waals surface area contributed by atoms with E-state index in [0.717, 1.165) is 17.7 Å². The molecule has 3 rings (SSSR count). The summed E-state index contributed by atoms with van der Waals surface area (Å²) in [6.45, 7) is 1.76. The molecule has 0 spiro atoms. The van der Waals surface area contributed by atoms with Crippen molar-refractivity contribution in [1.82, 2.24) is 0 Å². The molecule has 1 aliphatic heterocycles. The molecule has 130 valence electrons. The number of halogens is 2. The molecule has 0 bridgehead atoms. The lowest BCUT2D eigenvalue weighted by Crippen LogP contribution is -2.28. The zero-order valence-electron chi connectivity index (χ0n) is 13.5. The molecule has 0 aromatic heterocycles. The molecule has 0 unspecified atom stereocenters. The van der Waals surface area contributed by atoms with Crippen molar-refractivity contribution in [3.63, 3.8) is 0 Å². The van der Waals surface area contributed by atoms with Gasteiger partial charge >= 0.3 is 0 Å². The molecule has 25 heavy (non-hydrogen) atoms. The fraction of sp³-hybridized carbons (Fsp3) is 0.222. The Balaban J connectivity index is 1.87. The first kappa shape index (κ1) is 17.4. The Labute approximate surface area is 148 Å². The van der Waals surface area contributed by atoms with Gasteiger partial charge in [0.25, 0.3) is 0 Å². The molecule has 1 N–H and O–H groups in total. The van der Waals surface area contributed by atoms with Crippen molar-refractivity contribution >= 4 is 35.0 Å². The van der Waals surface area contributed by atoms with Gasteiger partial charge in [0.05, 0.1) is 11.4 Å². The monoisotopic (exact) mass is 362 g/mol.